The predicted molar refractivity (Wildman–Crippen MR) is 171 cm³/mol. The monoisotopic (exact) mass is 619 g/mol. The number of likely N-dealkylation sites (tertiary alicyclic amines) is 1. The molecule has 0 unspecified atom stereocenters. The number of aromatic nitrogens is 4. The lowest BCUT2D eigenvalue weighted by Gasteiger charge is -2.32. The Morgan fingerprint density at radius 1 is 0.905 bits per heavy atom. The third kappa shape index (κ3) is 7.30. The minimum Gasteiger partial charge on any atom is -0.497 e. The Labute approximate surface area is 259 Å². The fourth-order valence-electron chi connectivity index (χ4n) is 6.27. The van der Waals surface area contributed by atoms with Crippen molar-refractivity contribution in [2.45, 2.75) is 88.4 Å². The molecule has 1 aliphatic heterocycles. The molecule has 13 heteroatoms. The van der Waals surface area contributed by atoms with Gasteiger partial charge in [-0.15, -0.1) is 24.8 Å². The minimum absolute atomic E-state index is 0. The molecule has 0 radical (unpaired) electrons. The van der Waals surface area contributed by atoms with E-state index in [1.54, 1.807) is 7.11 Å². The third-order valence-electron chi connectivity index (χ3n) is 8.71. The number of ether oxygens (including phenoxy) is 1. The first kappa shape index (κ1) is 31.9. The molecule has 2 saturated carbocycles. The summed E-state index contributed by atoms with van der Waals surface area (Å²) in [5, 5.41) is 10.3. The van der Waals surface area contributed by atoms with E-state index in [0.717, 1.165) is 66.9 Å². The number of methoxy groups -OCH3 is 1. The topological polar surface area (TPSA) is 135 Å². The molecule has 3 fully saturated rings. The molecule has 3 aromatic rings. The summed E-state index contributed by atoms with van der Waals surface area (Å²) in [4.78, 5) is 29.4. The normalized spacial score (nSPS) is 21.3. The van der Waals surface area contributed by atoms with E-state index in [9.17, 15) is 4.79 Å². The summed E-state index contributed by atoms with van der Waals surface area (Å²) in [6.07, 6.45) is 12.5. The molecule has 0 atom stereocenters. The number of hydrogen-bond donors (Lipinski definition) is 4. The smallest absolute Gasteiger partial charge is 0.321 e. The largest absolute Gasteiger partial charge is 0.497 e. The number of piperidine rings is 1. The van der Waals surface area contributed by atoms with Gasteiger partial charge in [-0.2, -0.15) is 9.97 Å². The average Bonchev–Trinajstić information content (AvgIpc) is 3.65. The summed E-state index contributed by atoms with van der Waals surface area (Å²) in [5.74, 6) is 2.20. The van der Waals surface area contributed by atoms with Crippen LogP contribution in [0.15, 0.2) is 30.6 Å². The molecule has 1 saturated heterocycles. The van der Waals surface area contributed by atoms with Crippen LogP contribution in [0.5, 0.6) is 5.75 Å². The SMILES string of the molecule is COc1ccc(NC(=O)N2CCC(Nc3nc(NC4CCC(N)CC4)nc4c3ncn4C3CCCC3)CC2)cc1.Cl.Cl. The highest BCUT2D eigenvalue weighted by Crippen LogP contribution is 2.34. The molecule has 0 spiro atoms. The fourth-order valence-corrected chi connectivity index (χ4v) is 6.27. The van der Waals surface area contributed by atoms with E-state index in [-0.39, 0.29) is 36.9 Å². The zero-order chi connectivity index (χ0) is 27.5. The van der Waals surface area contributed by atoms with Crippen LogP contribution in [0.1, 0.15) is 70.3 Å². The van der Waals surface area contributed by atoms with E-state index < -0.39 is 0 Å². The molecule has 230 valence electrons. The van der Waals surface area contributed by atoms with E-state index in [1.807, 2.05) is 35.5 Å². The van der Waals surface area contributed by atoms with Gasteiger partial charge >= 0.3 is 6.03 Å². The van der Waals surface area contributed by atoms with Crippen LogP contribution in [0.3, 0.4) is 0 Å². The van der Waals surface area contributed by atoms with Crippen molar-refractivity contribution in [2.24, 2.45) is 5.73 Å². The Morgan fingerprint density at radius 3 is 2.24 bits per heavy atom. The molecule has 1 aromatic carbocycles. The Morgan fingerprint density at radius 2 is 1.57 bits per heavy atom. The number of hydrogen-bond acceptors (Lipinski definition) is 8. The van der Waals surface area contributed by atoms with Crippen LogP contribution in [-0.4, -0.2) is 68.8 Å². The van der Waals surface area contributed by atoms with E-state index in [0.29, 0.717) is 37.2 Å². The molecule has 6 rings (SSSR count). The van der Waals surface area contributed by atoms with Gasteiger partial charge in [-0.05, 0) is 75.6 Å². The lowest BCUT2D eigenvalue weighted by Crippen LogP contribution is -2.44. The van der Waals surface area contributed by atoms with Crippen LogP contribution >= 0.6 is 24.8 Å². The maximum Gasteiger partial charge on any atom is 0.321 e. The van der Waals surface area contributed by atoms with Gasteiger partial charge < -0.3 is 35.9 Å². The third-order valence-corrected chi connectivity index (χ3v) is 8.71. The summed E-state index contributed by atoms with van der Waals surface area (Å²) in [5.41, 5.74) is 8.61. The van der Waals surface area contributed by atoms with Crippen molar-refractivity contribution in [3.63, 3.8) is 0 Å². The molecule has 42 heavy (non-hydrogen) atoms. The van der Waals surface area contributed by atoms with E-state index in [1.165, 1.54) is 25.7 Å². The summed E-state index contributed by atoms with van der Waals surface area (Å²) in [7, 11) is 1.63. The summed E-state index contributed by atoms with van der Waals surface area (Å²) in [6, 6.07) is 8.57. The number of carbonyl (C=O) groups excluding carboxylic acids is 1. The average molecular weight is 621 g/mol. The molecule has 0 bridgehead atoms. The molecule has 2 aromatic heterocycles. The van der Waals surface area contributed by atoms with Gasteiger partial charge in [0.1, 0.15) is 5.75 Å². The van der Waals surface area contributed by atoms with Gasteiger partial charge in [0, 0.05) is 42.9 Å². The first-order chi connectivity index (χ1) is 19.6. The number of nitrogens with zero attached hydrogens (tertiary/aromatic N) is 5. The lowest BCUT2D eigenvalue weighted by atomic mass is 9.92. The summed E-state index contributed by atoms with van der Waals surface area (Å²) < 4.78 is 7.45. The number of amides is 2. The van der Waals surface area contributed by atoms with Crippen LogP contribution in [0.2, 0.25) is 0 Å². The Hall–Kier alpha value is -3.02. The number of urea groups is 1. The van der Waals surface area contributed by atoms with Crippen LogP contribution in [0.4, 0.5) is 22.2 Å². The summed E-state index contributed by atoms with van der Waals surface area (Å²) >= 11 is 0. The quantitative estimate of drug-likeness (QED) is 0.269. The molecular formula is C29H43Cl2N9O2. The van der Waals surface area contributed by atoms with Crippen molar-refractivity contribution in [3.8, 4) is 5.75 Å². The zero-order valence-corrected chi connectivity index (χ0v) is 25.8. The number of anilines is 3. The Balaban J connectivity index is 0.00000202. The molecule has 3 aliphatic rings. The number of rotatable bonds is 7. The van der Waals surface area contributed by atoms with Crippen molar-refractivity contribution in [1.82, 2.24) is 24.4 Å². The van der Waals surface area contributed by atoms with Crippen molar-refractivity contribution in [2.75, 3.05) is 36.1 Å². The fraction of sp³-hybridized carbons (Fsp3) is 0.586. The van der Waals surface area contributed by atoms with Gasteiger partial charge in [0.25, 0.3) is 0 Å². The Bertz CT molecular complexity index is 1300. The maximum atomic E-state index is 12.9. The van der Waals surface area contributed by atoms with Crippen LogP contribution < -0.4 is 26.4 Å². The van der Waals surface area contributed by atoms with E-state index in [2.05, 4.69) is 20.5 Å². The van der Waals surface area contributed by atoms with Gasteiger partial charge in [-0.1, -0.05) is 12.8 Å². The molecule has 2 amide bonds. The minimum atomic E-state index is -0.0814. The number of fused-ring (bicyclic) bond motifs is 1. The predicted octanol–water partition coefficient (Wildman–Crippen LogP) is 5.58. The molecular weight excluding hydrogens is 577 g/mol. The van der Waals surface area contributed by atoms with Gasteiger partial charge in [0.2, 0.25) is 5.95 Å². The number of benzene rings is 1. The zero-order valence-electron chi connectivity index (χ0n) is 24.1. The Kier molecular flexibility index (Phi) is 11.0. The molecule has 2 aliphatic carbocycles. The van der Waals surface area contributed by atoms with Gasteiger partial charge in [0.15, 0.2) is 17.0 Å². The van der Waals surface area contributed by atoms with Gasteiger partial charge in [-0.25, -0.2) is 9.78 Å². The second-order valence-corrected chi connectivity index (χ2v) is 11.5. The highest BCUT2D eigenvalue weighted by Gasteiger charge is 2.27. The standard InChI is InChI=1S/C29H41N9O2.2ClH/c1-40-24-12-10-21(11-13-24)34-29(39)37-16-14-22(15-17-37)32-26-25-27(38(18-31-25)23-4-2-3-5-23)36-28(35-26)33-20-8-6-19(30)7-9-20;;/h10-13,18-20,22-23H,2-9,14-17,30H2,1H3,(H,34,39)(H2,32,33,35,36);2*1H. The van der Waals surface area contributed by atoms with Crippen LogP contribution in [0.25, 0.3) is 11.2 Å². The second-order valence-electron chi connectivity index (χ2n) is 11.5. The van der Waals surface area contributed by atoms with Crippen molar-refractivity contribution >= 4 is 59.5 Å². The number of carbonyl (C=O) groups is 1. The number of imidazole rings is 1. The van der Waals surface area contributed by atoms with Crippen LogP contribution in [0, 0.1) is 0 Å². The molecule has 5 N–H and O–H groups in total. The number of nitrogens with two attached hydrogens (primary N) is 1. The van der Waals surface area contributed by atoms with Crippen molar-refractivity contribution in [3.05, 3.63) is 30.6 Å². The number of nitrogens with one attached hydrogen (secondary N) is 3. The van der Waals surface area contributed by atoms with Crippen molar-refractivity contribution < 1.29 is 9.53 Å². The molecule has 11 nitrogen and oxygen atoms in total. The van der Waals surface area contributed by atoms with E-state index >= 15 is 0 Å². The second kappa shape index (κ2) is 14.4. The molecule has 3 heterocycles. The van der Waals surface area contributed by atoms with Crippen molar-refractivity contribution in [1.29, 1.82) is 0 Å². The van der Waals surface area contributed by atoms with E-state index in [4.69, 9.17) is 25.4 Å². The maximum absolute atomic E-state index is 12.9. The highest BCUT2D eigenvalue weighted by atomic mass is 35.5. The van der Waals surface area contributed by atoms with Gasteiger partial charge in [-0.3, -0.25) is 0 Å². The first-order valence-electron chi connectivity index (χ1n) is 14.8. The first-order valence-corrected chi connectivity index (χ1v) is 14.8. The summed E-state index contributed by atoms with van der Waals surface area (Å²) in [6.45, 7) is 1.33. The highest BCUT2D eigenvalue weighted by molar-refractivity contribution is 5.89. The lowest BCUT2D eigenvalue weighted by molar-refractivity contribution is 0.197. The number of halogens is 2. The van der Waals surface area contributed by atoms with Crippen LogP contribution in [-0.2, 0) is 0 Å². The van der Waals surface area contributed by atoms with Gasteiger partial charge in [0.05, 0.1) is 13.4 Å².